The molecule has 0 fully saturated rings. The van der Waals surface area contributed by atoms with Crippen LogP contribution < -0.4 is 10.0 Å². The Balaban J connectivity index is 0.00000326. The number of carbonyl (C=O) groups excluding carboxylic acids is 1. The smallest absolute Gasteiger partial charge is 0.407 e. The highest BCUT2D eigenvalue weighted by Gasteiger charge is 2.24. The summed E-state index contributed by atoms with van der Waals surface area (Å²) in [5.41, 5.74) is -1.21. The zero-order chi connectivity index (χ0) is 21.3. The molecule has 27 heavy (non-hydrogen) atoms. The molecule has 0 aromatic heterocycles. The molecule has 9 heteroatoms. The maximum atomic E-state index is 12.3. The summed E-state index contributed by atoms with van der Waals surface area (Å²) in [7, 11) is -1.73. The minimum Gasteiger partial charge on any atom is -0.444 e. The Labute approximate surface area is 163 Å². The molecule has 1 aromatic rings. The molecular formula is C18H31N3O5S. The molecule has 0 aliphatic rings. The summed E-state index contributed by atoms with van der Waals surface area (Å²) >= 11 is 0. The second kappa shape index (κ2) is 11.0. The van der Waals surface area contributed by atoms with Gasteiger partial charge < -0.3 is 10.1 Å². The summed E-state index contributed by atoms with van der Waals surface area (Å²) in [6, 6.07) is 5.88. The lowest BCUT2D eigenvalue weighted by Crippen LogP contribution is -2.42. The molecule has 0 aliphatic heterocycles. The van der Waals surface area contributed by atoms with Crippen LogP contribution in [0.2, 0.25) is 0 Å². The molecule has 1 rings (SSSR count). The summed E-state index contributed by atoms with van der Waals surface area (Å²) in [6.07, 6.45) is -0.527. The van der Waals surface area contributed by atoms with Crippen molar-refractivity contribution < 1.29 is 18.7 Å². The molecule has 8 nitrogen and oxygen atoms in total. The molecule has 1 atom stereocenters. The summed E-state index contributed by atoms with van der Waals surface area (Å²) in [5, 5.41) is 13.7. The van der Waals surface area contributed by atoms with Crippen molar-refractivity contribution in [2.75, 3.05) is 13.1 Å². The zero-order valence-corrected chi connectivity index (χ0v) is 17.9. The first-order chi connectivity index (χ1) is 12.4. The minimum absolute atomic E-state index is 0.114. The van der Waals surface area contributed by atoms with Crippen LogP contribution >= 0.6 is 0 Å². The number of rotatable bonds is 7. The van der Waals surface area contributed by atoms with Gasteiger partial charge in [0.1, 0.15) is 21.5 Å². The second-order valence-corrected chi connectivity index (χ2v) is 8.60. The van der Waals surface area contributed by atoms with Crippen LogP contribution in [0.15, 0.2) is 29.2 Å². The lowest BCUT2D eigenvalue weighted by molar-refractivity contribution is -0.387. The van der Waals surface area contributed by atoms with E-state index in [-0.39, 0.29) is 17.1 Å². The van der Waals surface area contributed by atoms with E-state index >= 15 is 0 Å². The number of alkyl carbamates (subject to hydrolysis) is 1. The topological polar surface area (TPSA) is 111 Å². The molecule has 1 unspecified atom stereocenters. The molecule has 1 amide bonds. The second-order valence-electron chi connectivity index (χ2n) is 7.33. The number of amides is 1. The Bertz CT molecular complexity index is 657. The summed E-state index contributed by atoms with van der Waals surface area (Å²) in [5.74, 6) is 0. The highest BCUT2D eigenvalue weighted by molar-refractivity contribution is 7.83. The van der Waals surface area contributed by atoms with E-state index in [4.69, 9.17) is 4.74 Å². The Morgan fingerprint density at radius 3 is 2.22 bits per heavy atom. The van der Waals surface area contributed by atoms with Crippen LogP contribution in [0.1, 0.15) is 48.5 Å². The Kier molecular flexibility index (Phi) is 10.2. The van der Waals surface area contributed by atoms with Crippen LogP contribution in [0.3, 0.4) is 0 Å². The predicted octanol–water partition coefficient (Wildman–Crippen LogP) is 3.78. The maximum absolute atomic E-state index is 12.3. The van der Waals surface area contributed by atoms with Crippen molar-refractivity contribution in [3.63, 3.8) is 0 Å². The SMILES string of the molecule is CC.CC(C)(CNC(=O)OC(C)(C)C)CNS(=O)c1ccccc1[N+](=O)[O-]. The van der Waals surface area contributed by atoms with Gasteiger partial charge in [-0.1, -0.05) is 39.8 Å². The third kappa shape index (κ3) is 10.0. The van der Waals surface area contributed by atoms with Gasteiger partial charge in [0, 0.05) is 19.2 Å². The average molecular weight is 402 g/mol. The number of hydrogen-bond acceptors (Lipinski definition) is 5. The third-order valence-corrected chi connectivity index (χ3v) is 4.20. The highest BCUT2D eigenvalue weighted by Crippen LogP contribution is 2.21. The summed E-state index contributed by atoms with van der Waals surface area (Å²) < 4.78 is 20.3. The minimum atomic E-state index is -1.73. The molecule has 0 radical (unpaired) electrons. The normalized spacial score (nSPS) is 12.4. The molecule has 0 bridgehead atoms. The van der Waals surface area contributed by atoms with E-state index in [1.807, 2.05) is 27.7 Å². The van der Waals surface area contributed by atoms with Crippen molar-refractivity contribution in [2.24, 2.45) is 5.41 Å². The van der Waals surface area contributed by atoms with Crippen molar-refractivity contribution in [3.8, 4) is 0 Å². The van der Waals surface area contributed by atoms with E-state index in [2.05, 4.69) is 10.0 Å². The number of ether oxygens (including phenoxy) is 1. The van der Waals surface area contributed by atoms with Gasteiger partial charge in [-0.3, -0.25) is 10.1 Å². The number of hydrogen-bond donors (Lipinski definition) is 2. The number of benzene rings is 1. The number of nitrogens with one attached hydrogen (secondary N) is 2. The monoisotopic (exact) mass is 401 g/mol. The van der Waals surface area contributed by atoms with Crippen LogP contribution in [0.5, 0.6) is 0 Å². The van der Waals surface area contributed by atoms with Gasteiger partial charge in [-0.2, -0.15) is 0 Å². The van der Waals surface area contributed by atoms with Gasteiger partial charge in [0.2, 0.25) is 0 Å². The van der Waals surface area contributed by atoms with E-state index in [1.165, 1.54) is 18.2 Å². The van der Waals surface area contributed by atoms with Gasteiger partial charge in [-0.25, -0.2) is 13.7 Å². The van der Waals surface area contributed by atoms with Crippen molar-refractivity contribution >= 4 is 22.8 Å². The van der Waals surface area contributed by atoms with Crippen molar-refractivity contribution in [1.82, 2.24) is 10.0 Å². The van der Waals surface area contributed by atoms with Crippen LogP contribution in [-0.2, 0) is 15.7 Å². The van der Waals surface area contributed by atoms with Crippen LogP contribution in [0.25, 0.3) is 0 Å². The molecule has 2 N–H and O–H groups in total. The number of carbonyl (C=O) groups is 1. The number of nitro benzene ring substituents is 1. The van der Waals surface area contributed by atoms with E-state index in [0.29, 0.717) is 6.54 Å². The highest BCUT2D eigenvalue weighted by atomic mass is 32.2. The van der Waals surface area contributed by atoms with Gasteiger partial charge in [-0.05, 0) is 32.3 Å². The molecule has 1 aromatic carbocycles. The largest absolute Gasteiger partial charge is 0.444 e. The first kappa shape index (κ1) is 25.0. The maximum Gasteiger partial charge on any atom is 0.407 e. The summed E-state index contributed by atoms with van der Waals surface area (Å²) in [6.45, 7) is 13.6. The first-order valence-electron chi connectivity index (χ1n) is 8.77. The van der Waals surface area contributed by atoms with E-state index < -0.39 is 33.0 Å². The van der Waals surface area contributed by atoms with Gasteiger partial charge >= 0.3 is 6.09 Å². The van der Waals surface area contributed by atoms with Crippen molar-refractivity contribution in [1.29, 1.82) is 0 Å². The van der Waals surface area contributed by atoms with Crippen LogP contribution in [0, 0.1) is 15.5 Å². The fourth-order valence-electron chi connectivity index (χ4n) is 1.79. The van der Waals surface area contributed by atoms with Crippen molar-refractivity contribution in [2.45, 2.75) is 59.0 Å². The van der Waals surface area contributed by atoms with Crippen LogP contribution in [0.4, 0.5) is 10.5 Å². The zero-order valence-electron chi connectivity index (χ0n) is 17.1. The average Bonchev–Trinajstić information content (AvgIpc) is 2.58. The standard InChI is InChI=1S/C16H25N3O5S.C2H6/c1-15(2,3)24-14(20)17-10-16(4,5)11-18-25(23)13-9-7-6-8-12(13)19(21)22;1-2/h6-9,18H,10-11H2,1-5H3,(H,17,20);1-2H3. The number of nitro groups is 1. The van der Waals surface area contributed by atoms with E-state index in [1.54, 1.807) is 26.8 Å². The van der Waals surface area contributed by atoms with Gasteiger partial charge in [0.25, 0.3) is 5.69 Å². The molecule has 0 saturated carbocycles. The Morgan fingerprint density at radius 2 is 1.70 bits per heavy atom. The lowest BCUT2D eigenvalue weighted by atomic mass is 9.94. The van der Waals surface area contributed by atoms with E-state index in [0.717, 1.165) is 0 Å². The van der Waals surface area contributed by atoms with Gasteiger partial charge in [0.05, 0.1) is 4.92 Å². The Morgan fingerprint density at radius 1 is 1.15 bits per heavy atom. The fraction of sp³-hybridized carbons (Fsp3) is 0.611. The molecule has 154 valence electrons. The molecule has 0 spiro atoms. The predicted molar refractivity (Wildman–Crippen MR) is 107 cm³/mol. The summed E-state index contributed by atoms with van der Waals surface area (Å²) in [4.78, 5) is 22.2. The van der Waals surface area contributed by atoms with Gasteiger partial charge in [-0.15, -0.1) is 0 Å². The number of nitrogens with zero attached hydrogens (tertiary/aromatic N) is 1. The Hall–Kier alpha value is -2.00. The number of para-hydroxylation sites is 1. The van der Waals surface area contributed by atoms with Crippen LogP contribution in [-0.4, -0.2) is 33.9 Å². The van der Waals surface area contributed by atoms with E-state index in [9.17, 15) is 19.1 Å². The first-order valence-corrected chi connectivity index (χ1v) is 9.92. The molecule has 0 heterocycles. The molecular weight excluding hydrogens is 370 g/mol. The third-order valence-electron chi connectivity index (χ3n) is 3.05. The molecule has 0 aliphatic carbocycles. The fourth-order valence-corrected chi connectivity index (χ4v) is 3.00. The van der Waals surface area contributed by atoms with Gasteiger partial charge in [0.15, 0.2) is 0 Å². The molecule has 0 saturated heterocycles. The lowest BCUT2D eigenvalue weighted by Gasteiger charge is -2.26. The van der Waals surface area contributed by atoms with Crippen molar-refractivity contribution in [3.05, 3.63) is 34.4 Å². The quantitative estimate of drug-likeness (QED) is 0.533.